The number of rotatable bonds is 4. The number of nitrogens with one attached hydrogen (secondary N) is 1. The van der Waals surface area contributed by atoms with Gasteiger partial charge in [-0.1, -0.05) is 30.3 Å². The van der Waals surface area contributed by atoms with Crippen LogP contribution >= 0.6 is 0 Å². The van der Waals surface area contributed by atoms with Gasteiger partial charge in [0.05, 0.1) is 23.7 Å². The fourth-order valence-corrected chi connectivity index (χ4v) is 4.39. The molecule has 0 fully saturated rings. The Morgan fingerprint density at radius 2 is 1.85 bits per heavy atom. The Hall–Kier alpha value is -2.87. The Morgan fingerprint density at radius 1 is 1.12 bits per heavy atom. The van der Waals surface area contributed by atoms with Crippen LogP contribution in [-0.4, -0.2) is 45.2 Å². The maximum absolute atomic E-state index is 13.0. The summed E-state index contributed by atoms with van der Waals surface area (Å²) in [6.07, 6.45) is 0. The highest BCUT2D eigenvalue weighted by Gasteiger charge is 2.44. The molecule has 0 saturated carbocycles. The first kappa shape index (κ1) is 16.6. The average molecular weight is 371 g/mol. The van der Waals surface area contributed by atoms with Gasteiger partial charge in [0.15, 0.2) is 0 Å². The molecule has 0 aliphatic carbocycles. The van der Waals surface area contributed by atoms with Crippen LogP contribution in [0, 0.1) is 0 Å². The van der Waals surface area contributed by atoms with Gasteiger partial charge in [-0.05, 0) is 24.3 Å². The summed E-state index contributed by atoms with van der Waals surface area (Å²) < 4.78 is 31.6. The van der Waals surface area contributed by atoms with Crippen molar-refractivity contribution in [3.05, 3.63) is 54.6 Å². The van der Waals surface area contributed by atoms with Gasteiger partial charge in [-0.25, -0.2) is 8.42 Å². The van der Waals surface area contributed by atoms with Crippen molar-refractivity contribution in [2.45, 2.75) is 10.3 Å². The molecule has 2 aromatic rings. The average Bonchev–Trinajstić information content (AvgIpc) is 3.17. The van der Waals surface area contributed by atoms with Crippen LogP contribution in [0.3, 0.4) is 0 Å². The lowest BCUT2D eigenvalue weighted by Gasteiger charge is -2.33. The zero-order valence-corrected chi connectivity index (χ0v) is 14.6. The molecule has 2 aliphatic heterocycles. The predicted octanol–water partition coefficient (Wildman–Crippen LogP) is 1.21. The van der Waals surface area contributed by atoms with E-state index in [0.29, 0.717) is 30.4 Å². The normalized spacial score (nSPS) is 19.4. The summed E-state index contributed by atoms with van der Waals surface area (Å²) in [4.78, 5) is 18.8. The first-order valence-electron chi connectivity index (χ1n) is 8.20. The molecule has 1 amide bonds. The second-order valence-corrected chi connectivity index (χ2v) is 7.94. The molecule has 1 unspecified atom stereocenters. The van der Waals surface area contributed by atoms with Gasteiger partial charge in [-0.2, -0.15) is 0 Å². The van der Waals surface area contributed by atoms with E-state index >= 15 is 0 Å². The van der Waals surface area contributed by atoms with Crippen LogP contribution in [0.4, 0.5) is 5.69 Å². The molecule has 0 aromatic heterocycles. The number of benzene rings is 2. The monoisotopic (exact) mass is 371 g/mol. The third kappa shape index (κ3) is 2.82. The SMILES string of the molecule is O=C1C(S(=O)(=O)c2ccccc2)Oc2ccccc2N1CC1=NCCN1. The molecule has 0 spiro atoms. The quantitative estimate of drug-likeness (QED) is 0.873. The number of aliphatic imine (C=N–C) groups is 1. The number of carbonyl (C=O) groups excluding carboxylic acids is 1. The third-order valence-corrected chi connectivity index (χ3v) is 6.05. The van der Waals surface area contributed by atoms with E-state index in [4.69, 9.17) is 4.74 Å². The van der Waals surface area contributed by atoms with Crippen LogP contribution in [0.5, 0.6) is 5.75 Å². The first-order chi connectivity index (χ1) is 12.6. The summed E-state index contributed by atoms with van der Waals surface area (Å²) in [5.74, 6) is 0.394. The Bertz CT molecular complexity index is 973. The molecular weight excluding hydrogens is 354 g/mol. The molecule has 2 aromatic carbocycles. The molecule has 0 saturated heterocycles. The van der Waals surface area contributed by atoms with Crippen LogP contribution in [0.1, 0.15) is 0 Å². The van der Waals surface area contributed by atoms with Gasteiger partial charge in [0.2, 0.25) is 9.84 Å². The van der Waals surface area contributed by atoms with E-state index in [2.05, 4.69) is 10.3 Å². The van der Waals surface area contributed by atoms with Crippen molar-refractivity contribution in [2.24, 2.45) is 4.99 Å². The molecule has 7 nitrogen and oxygen atoms in total. The van der Waals surface area contributed by atoms with Gasteiger partial charge in [-0.15, -0.1) is 0 Å². The van der Waals surface area contributed by atoms with Crippen molar-refractivity contribution in [1.82, 2.24) is 5.32 Å². The molecular formula is C18H17N3O4S. The molecule has 1 atom stereocenters. The van der Waals surface area contributed by atoms with Gasteiger partial charge in [0.25, 0.3) is 11.3 Å². The van der Waals surface area contributed by atoms with Crippen LogP contribution < -0.4 is 15.0 Å². The van der Waals surface area contributed by atoms with Gasteiger partial charge in [0.1, 0.15) is 11.6 Å². The minimum atomic E-state index is -3.99. The van der Waals surface area contributed by atoms with Gasteiger partial charge >= 0.3 is 0 Å². The minimum Gasteiger partial charge on any atom is -0.462 e. The zero-order valence-electron chi connectivity index (χ0n) is 13.8. The van der Waals surface area contributed by atoms with E-state index in [1.165, 1.54) is 17.0 Å². The standard InChI is InChI=1S/C18H17N3O4S/c22-17-18(26(23,24)13-6-2-1-3-7-13)25-15-9-5-4-8-14(15)21(17)12-16-19-10-11-20-16/h1-9,18H,10-12H2,(H,19,20). The molecule has 26 heavy (non-hydrogen) atoms. The number of anilines is 1. The van der Waals surface area contributed by atoms with Crippen molar-refractivity contribution < 1.29 is 17.9 Å². The highest BCUT2D eigenvalue weighted by Crippen LogP contribution is 2.36. The van der Waals surface area contributed by atoms with Crippen molar-refractivity contribution in [3.8, 4) is 5.75 Å². The second-order valence-electron chi connectivity index (χ2n) is 5.96. The molecule has 4 rings (SSSR count). The zero-order chi connectivity index (χ0) is 18.1. The largest absolute Gasteiger partial charge is 0.462 e. The number of hydrogen-bond donors (Lipinski definition) is 1. The number of fused-ring (bicyclic) bond motifs is 1. The lowest BCUT2D eigenvalue weighted by molar-refractivity contribution is -0.122. The number of para-hydroxylation sites is 2. The van der Waals surface area contributed by atoms with E-state index in [1.54, 1.807) is 42.5 Å². The van der Waals surface area contributed by atoms with E-state index in [0.717, 1.165) is 0 Å². The van der Waals surface area contributed by atoms with Gasteiger partial charge in [-0.3, -0.25) is 14.7 Å². The maximum atomic E-state index is 13.0. The summed E-state index contributed by atoms with van der Waals surface area (Å²) >= 11 is 0. The number of amides is 1. The summed E-state index contributed by atoms with van der Waals surface area (Å²) in [6.45, 7) is 1.53. The molecule has 2 aliphatic rings. The lowest BCUT2D eigenvalue weighted by Crippen LogP contribution is -2.52. The third-order valence-electron chi connectivity index (χ3n) is 4.26. The summed E-state index contributed by atoms with van der Waals surface area (Å²) in [7, 11) is -3.99. The molecule has 0 radical (unpaired) electrons. The molecule has 0 bridgehead atoms. The number of amidine groups is 1. The number of ether oxygens (including phenoxy) is 1. The maximum Gasteiger partial charge on any atom is 0.284 e. The van der Waals surface area contributed by atoms with E-state index in [1.807, 2.05) is 0 Å². The number of nitrogens with zero attached hydrogens (tertiary/aromatic N) is 2. The van der Waals surface area contributed by atoms with Gasteiger partial charge < -0.3 is 10.1 Å². The van der Waals surface area contributed by atoms with Crippen LogP contribution in [0.2, 0.25) is 0 Å². The smallest absolute Gasteiger partial charge is 0.284 e. The lowest BCUT2D eigenvalue weighted by atomic mass is 10.2. The molecule has 1 N–H and O–H groups in total. The highest BCUT2D eigenvalue weighted by molar-refractivity contribution is 7.92. The van der Waals surface area contributed by atoms with E-state index < -0.39 is 21.2 Å². The second kappa shape index (κ2) is 6.45. The summed E-state index contributed by atoms with van der Waals surface area (Å²) in [6, 6.07) is 14.8. The fraction of sp³-hybridized carbons (Fsp3) is 0.222. The number of hydrogen-bond acceptors (Lipinski definition) is 6. The highest BCUT2D eigenvalue weighted by atomic mass is 32.2. The van der Waals surface area contributed by atoms with Crippen molar-refractivity contribution in [3.63, 3.8) is 0 Å². The van der Waals surface area contributed by atoms with Crippen LogP contribution in [0.25, 0.3) is 0 Å². The predicted molar refractivity (Wildman–Crippen MR) is 97.1 cm³/mol. The van der Waals surface area contributed by atoms with Crippen molar-refractivity contribution in [1.29, 1.82) is 0 Å². The molecule has 8 heteroatoms. The van der Waals surface area contributed by atoms with Gasteiger partial charge in [0, 0.05) is 6.54 Å². The Morgan fingerprint density at radius 3 is 2.58 bits per heavy atom. The first-order valence-corrected chi connectivity index (χ1v) is 9.75. The molecule has 134 valence electrons. The number of carbonyl (C=O) groups is 1. The Kier molecular flexibility index (Phi) is 4.12. The van der Waals surface area contributed by atoms with E-state index in [9.17, 15) is 13.2 Å². The van der Waals surface area contributed by atoms with Crippen molar-refractivity contribution in [2.75, 3.05) is 24.5 Å². The number of sulfone groups is 1. The Labute approximate surface area is 151 Å². The Balaban J connectivity index is 1.75. The van der Waals surface area contributed by atoms with Crippen LogP contribution in [0.15, 0.2) is 64.5 Å². The summed E-state index contributed by atoms with van der Waals surface area (Å²) in [5, 5.41) is 3.11. The molecule has 2 heterocycles. The summed E-state index contributed by atoms with van der Waals surface area (Å²) in [5.41, 5.74) is -1.09. The minimum absolute atomic E-state index is 0.0500. The van der Waals surface area contributed by atoms with E-state index in [-0.39, 0.29) is 11.4 Å². The van der Waals surface area contributed by atoms with Crippen LogP contribution in [-0.2, 0) is 14.6 Å². The fourth-order valence-electron chi connectivity index (χ4n) is 2.99. The van der Waals surface area contributed by atoms with Crippen molar-refractivity contribution >= 4 is 27.3 Å². The topological polar surface area (TPSA) is 88.1 Å².